The molecule has 2 rings (SSSR count). The summed E-state index contributed by atoms with van der Waals surface area (Å²) in [6.07, 6.45) is 0. The monoisotopic (exact) mass is 399 g/mol. The van der Waals surface area contributed by atoms with Gasteiger partial charge in [0.15, 0.2) is 0 Å². The van der Waals surface area contributed by atoms with Crippen molar-refractivity contribution in [2.45, 2.75) is 13.0 Å². The second-order valence-electron chi connectivity index (χ2n) is 4.97. The van der Waals surface area contributed by atoms with E-state index in [4.69, 9.17) is 0 Å². The Morgan fingerprint density at radius 1 is 1.00 bits per heavy atom. The quantitative estimate of drug-likeness (QED) is 0.300. The SMILES string of the molecule is C[C@H](c1ccc[cH-]1)[N+](C)(C)C.[Fe+2].[I-].c1cc[cH-]c1. The molecule has 0 aliphatic heterocycles. The summed E-state index contributed by atoms with van der Waals surface area (Å²) in [5.41, 5.74) is 1.43. The minimum atomic E-state index is 0. The van der Waals surface area contributed by atoms with Crippen LogP contribution in [0.1, 0.15) is 18.5 Å². The van der Waals surface area contributed by atoms with Gasteiger partial charge in [0.2, 0.25) is 0 Å². The maximum atomic E-state index is 2.26. The van der Waals surface area contributed by atoms with Gasteiger partial charge in [0.05, 0.1) is 27.2 Å². The number of halogens is 1. The summed E-state index contributed by atoms with van der Waals surface area (Å²) in [5.74, 6) is 0. The van der Waals surface area contributed by atoms with Crippen molar-refractivity contribution in [1.29, 1.82) is 0 Å². The van der Waals surface area contributed by atoms with Gasteiger partial charge in [-0.15, -0.1) is 5.56 Å². The van der Waals surface area contributed by atoms with Crippen molar-refractivity contribution >= 4 is 0 Å². The van der Waals surface area contributed by atoms with E-state index in [-0.39, 0.29) is 41.0 Å². The molecule has 0 aliphatic carbocycles. The van der Waals surface area contributed by atoms with E-state index in [0.717, 1.165) is 4.48 Å². The molecule has 0 spiro atoms. The maximum Gasteiger partial charge on any atom is 2.00 e. The van der Waals surface area contributed by atoms with Gasteiger partial charge < -0.3 is 28.5 Å². The van der Waals surface area contributed by atoms with E-state index in [1.165, 1.54) is 5.56 Å². The van der Waals surface area contributed by atoms with Gasteiger partial charge in [-0.3, -0.25) is 0 Å². The van der Waals surface area contributed by atoms with Crippen LogP contribution in [0.3, 0.4) is 0 Å². The van der Waals surface area contributed by atoms with Crippen molar-refractivity contribution < 1.29 is 45.5 Å². The normalized spacial score (nSPS) is 11.3. The Labute approximate surface area is 139 Å². The minimum absolute atomic E-state index is 0. The van der Waals surface area contributed by atoms with Gasteiger partial charge in [-0.05, 0) is 6.92 Å². The Balaban J connectivity index is 0. The van der Waals surface area contributed by atoms with Crippen LogP contribution in [0.4, 0.5) is 0 Å². The summed E-state index contributed by atoms with van der Waals surface area (Å²) in [6, 6.07) is 19.2. The second-order valence-corrected chi connectivity index (χ2v) is 4.97. The summed E-state index contributed by atoms with van der Waals surface area (Å²) >= 11 is 0. The van der Waals surface area contributed by atoms with Crippen LogP contribution in [0, 0.1) is 0 Å². The standard InChI is InChI=1S/C10H17N.C5H5.Fe.HI/c1-9(11(2,3)4)10-7-5-6-8-10;1-2-4-5-3-1;;/h5-9H,1-4H3;1-5H;;1H/q;-1;+2;/p-1/t9-;;;/m1.../s1. The van der Waals surface area contributed by atoms with Gasteiger partial charge >= 0.3 is 17.1 Å². The molecule has 18 heavy (non-hydrogen) atoms. The first-order chi connectivity index (χ1) is 7.52. The Morgan fingerprint density at radius 2 is 1.56 bits per heavy atom. The average molecular weight is 399 g/mol. The molecule has 0 aliphatic rings. The first-order valence-electron chi connectivity index (χ1n) is 5.71. The Hall–Kier alpha value is -0.0905. The topological polar surface area (TPSA) is 0 Å². The van der Waals surface area contributed by atoms with Gasteiger partial charge in [0.1, 0.15) is 0 Å². The van der Waals surface area contributed by atoms with Crippen LogP contribution in [0.2, 0.25) is 0 Å². The minimum Gasteiger partial charge on any atom is -1.00 e. The van der Waals surface area contributed by atoms with Crippen LogP contribution in [0.15, 0.2) is 54.6 Å². The van der Waals surface area contributed by atoms with E-state index in [1.54, 1.807) is 0 Å². The molecule has 3 heteroatoms. The van der Waals surface area contributed by atoms with Gasteiger partial charge in [-0.25, -0.2) is 24.3 Å². The molecule has 0 saturated heterocycles. The fourth-order valence-corrected chi connectivity index (χ4v) is 1.44. The van der Waals surface area contributed by atoms with Crippen LogP contribution in [-0.4, -0.2) is 25.6 Å². The maximum absolute atomic E-state index is 2.26. The molecule has 102 valence electrons. The molecule has 0 N–H and O–H groups in total. The smallest absolute Gasteiger partial charge is 1.00 e. The number of rotatable bonds is 2. The first kappa shape index (κ1) is 20.2. The van der Waals surface area contributed by atoms with E-state index in [9.17, 15) is 0 Å². The molecule has 0 aromatic heterocycles. The van der Waals surface area contributed by atoms with Gasteiger partial charge in [-0.1, -0.05) is 0 Å². The molecule has 0 saturated carbocycles. The number of quaternary nitrogens is 1. The van der Waals surface area contributed by atoms with Gasteiger partial charge in [0.25, 0.3) is 0 Å². The molecule has 2 aromatic rings. The van der Waals surface area contributed by atoms with E-state index >= 15 is 0 Å². The van der Waals surface area contributed by atoms with Crippen LogP contribution in [0.25, 0.3) is 0 Å². The average Bonchev–Trinajstić information content (AvgIpc) is 2.91. The zero-order chi connectivity index (χ0) is 12.0. The molecule has 0 heterocycles. The first-order valence-corrected chi connectivity index (χ1v) is 5.71. The van der Waals surface area contributed by atoms with E-state index in [1.807, 2.05) is 30.3 Å². The van der Waals surface area contributed by atoms with E-state index in [0.29, 0.717) is 6.04 Å². The number of nitrogens with zero attached hydrogens (tertiary/aromatic N) is 1. The fourth-order valence-electron chi connectivity index (χ4n) is 1.44. The van der Waals surface area contributed by atoms with Crippen molar-refractivity contribution in [3.8, 4) is 0 Å². The third-order valence-corrected chi connectivity index (χ3v) is 2.89. The zero-order valence-electron chi connectivity index (χ0n) is 11.5. The largest absolute Gasteiger partial charge is 2.00 e. The third kappa shape index (κ3) is 7.37. The molecule has 0 amide bonds. The van der Waals surface area contributed by atoms with Crippen LogP contribution in [-0.2, 0) is 17.1 Å². The van der Waals surface area contributed by atoms with Gasteiger partial charge in [0, 0.05) is 0 Å². The molecule has 0 fully saturated rings. The molecule has 1 atom stereocenters. The van der Waals surface area contributed by atoms with Crippen LogP contribution >= 0.6 is 0 Å². The summed E-state index contributed by atoms with van der Waals surface area (Å²) in [7, 11) is 6.66. The summed E-state index contributed by atoms with van der Waals surface area (Å²) in [5, 5.41) is 0. The molecule has 1 nitrogen and oxygen atoms in total. The predicted molar refractivity (Wildman–Crippen MR) is 70.5 cm³/mol. The second kappa shape index (κ2) is 9.79. The predicted octanol–water partition coefficient (Wildman–Crippen LogP) is 0.580. The zero-order valence-corrected chi connectivity index (χ0v) is 14.7. The molecule has 2 aromatic carbocycles. The summed E-state index contributed by atoms with van der Waals surface area (Å²) in [6.45, 7) is 2.26. The third-order valence-electron chi connectivity index (χ3n) is 2.89. The Morgan fingerprint density at radius 3 is 1.83 bits per heavy atom. The molecular formula is C15H22FeIN. The summed E-state index contributed by atoms with van der Waals surface area (Å²) in [4.78, 5) is 0. The van der Waals surface area contributed by atoms with Crippen molar-refractivity contribution in [2.24, 2.45) is 0 Å². The Kier molecular flexibility index (Phi) is 11.0. The van der Waals surface area contributed by atoms with Crippen molar-refractivity contribution in [1.82, 2.24) is 0 Å². The molecular weight excluding hydrogens is 377 g/mol. The number of hydrogen-bond donors (Lipinski definition) is 0. The van der Waals surface area contributed by atoms with E-state index in [2.05, 4.69) is 52.3 Å². The Bertz CT molecular complexity index is 342. The van der Waals surface area contributed by atoms with Crippen molar-refractivity contribution in [2.75, 3.05) is 21.1 Å². The van der Waals surface area contributed by atoms with Crippen LogP contribution < -0.4 is 24.0 Å². The summed E-state index contributed by atoms with van der Waals surface area (Å²) < 4.78 is 0.990. The fraction of sp³-hybridized carbons (Fsp3) is 0.333. The van der Waals surface area contributed by atoms with E-state index < -0.39 is 0 Å². The number of hydrogen-bond acceptors (Lipinski definition) is 0. The molecule has 0 bridgehead atoms. The van der Waals surface area contributed by atoms with Crippen molar-refractivity contribution in [3.05, 3.63) is 60.2 Å². The van der Waals surface area contributed by atoms with Gasteiger partial charge in [-0.2, -0.15) is 30.3 Å². The van der Waals surface area contributed by atoms with Crippen LogP contribution in [0.5, 0.6) is 0 Å². The molecule has 0 radical (unpaired) electrons. The molecule has 0 unspecified atom stereocenters. The van der Waals surface area contributed by atoms with Crippen molar-refractivity contribution in [3.63, 3.8) is 0 Å².